The van der Waals surface area contributed by atoms with E-state index in [9.17, 15) is 28.8 Å². The molecular weight excluding hydrogens is 578 g/mol. The van der Waals surface area contributed by atoms with Gasteiger partial charge >= 0.3 is 0 Å². The predicted octanol–water partition coefficient (Wildman–Crippen LogP) is -0.952. The molecular formula is C29H49N5O10. The molecule has 1 aliphatic rings. The maximum Gasteiger partial charge on any atom is 0.253 e. The van der Waals surface area contributed by atoms with Crippen LogP contribution in [0.15, 0.2) is 12.2 Å². The number of hydrogen-bond donors (Lipinski definition) is 4. The molecule has 1 aliphatic heterocycles. The van der Waals surface area contributed by atoms with Crippen LogP contribution in [0.2, 0.25) is 0 Å². The molecule has 1 unspecified atom stereocenters. The summed E-state index contributed by atoms with van der Waals surface area (Å²) in [5.74, 6) is -2.26. The number of hydrogen-bond acceptors (Lipinski definition) is 10. The van der Waals surface area contributed by atoms with E-state index in [2.05, 4.69) is 21.3 Å². The maximum absolute atomic E-state index is 12.4. The average Bonchev–Trinajstić information content (AvgIpc) is 3.31. The fraction of sp³-hybridized carbons (Fsp3) is 0.724. The zero-order valence-corrected chi connectivity index (χ0v) is 26.2. The molecule has 0 aromatic rings. The highest BCUT2D eigenvalue weighted by Crippen LogP contribution is 2.04. The van der Waals surface area contributed by atoms with Gasteiger partial charge in [-0.2, -0.15) is 0 Å². The number of nitrogens with zero attached hydrogens (tertiary/aromatic N) is 1. The molecule has 250 valence electrons. The van der Waals surface area contributed by atoms with Crippen molar-refractivity contribution in [3.63, 3.8) is 0 Å². The monoisotopic (exact) mass is 627 g/mol. The van der Waals surface area contributed by atoms with Crippen LogP contribution in [0.4, 0.5) is 0 Å². The first-order valence-corrected chi connectivity index (χ1v) is 15.1. The van der Waals surface area contributed by atoms with E-state index in [0.29, 0.717) is 59.3 Å². The molecule has 0 aliphatic carbocycles. The van der Waals surface area contributed by atoms with Gasteiger partial charge in [0.25, 0.3) is 11.8 Å². The Morgan fingerprint density at radius 2 is 1.25 bits per heavy atom. The minimum Gasteiger partial charge on any atom is -0.379 e. The number of carbonyl (C=O) groups excluding carboxylic acids is 6. The normalized spacial score (nSPS) is 13.3. The quantitative estimate of drug-likeness (QED) is 0.0687. The van der Waals surface area contributed by atoms with E-state index >= 15 is 0 Å². The Balaban J connectivity index is 1.94. The van der Waals surface area contributed by atoms with Crippen LogP contribution in [0.1, 0.15) is 46.5 Å². The van der Waals surface area contributed by atoms with Crippen molar-refractivity contribution >= 4 is 35.4 Å². The Hall–Kier alpha value is -3.40. The van der Waals surface area contributed by atoms with E-state index in [-0.39, 0.29) is 56.2 Å². The van der Waals surface area contributed by atoms with Crippen LogP contribution in [0.3, 0.4) is 0 Å². The van der Waals surface area contributed by atoms with Crippen LogP contribution in [0, 0.1) is 5.92 Å². The van der Waals surface area contributed by atoms with Crippen molar-refractivity contribution in [1.82, 2.24) is 26.2 Å². The van der Waals surface area contributed by atoms with Crippen LogP contribution < -0.4 is 21.3 Å². The van der Waals surface area contributed by atoms with Gasteiger partial charge in [0.15, 0.2) is 0 Å². The van der Waals surface area contributed by atoms with E-state index in [4.69, 9.17) is 18.9 Å². The van der Waals surface area contributed by atoms with Gasteiger partial charge in [-0.05, 0) is 12.3 Å². The van der Waals surface area contributed by atoms with Gasteiger partial charge in [-0.1, -0.05) is 27.2 Å². The highest BCUT2D eigenvalue weighted by Gasteiger charge is 2.25. The van der Waals surface area contributed by atoms with Crippen molar-refractivity contribution in [3.8, 4) is 0 Å². The van der Waals surface area contributed by atoms with Crippen LogP contribution in [0.25, 0.3) is 0 Å². The molecule has 0 radical (unpaired) electrons. The summed E-state index contributed by atoms with van der Waals surface area (Å²) in [6, 6.07) is -0.753. The summed E-state index contributed by atoms with van der Waals surface area (Å²) in [5, 5.41) is 10.7. The Kier molecular flexibility index (Phi) is 21.1. The van der Waals surface area contributed by atoms with E-state index in [0.717, 1.165) is 17.7 Å². The van der Waals surface area contributed by atoms with E-state index in [1.807, 2.05) is 20.8 Å². The fourth-order valence-electron chi connectivity index (χ4n) is 3.67. The van der Waals surface area contributed by atoms with Gasteiger partial charge in [0.05, 0.1) is 59.4 Å². The lowest BCUT2D eigenvalue weighted by Gasteiger charge is -2.21. The summed E-state index contributed by atoms with van der Waals surface area (Å²) in [6.45, 7) is 8.94. The van der Waals surface area contributed by atoms with E-state index in [1.54, 1.807) is 0 Å². The van der Waals surface area contributed by atoms with Gasteiger partial charge in [0, 0.05) is 44.6 Å². The Bertz CT molecular complexity index is 926. The number of nitrogens with one attached hydrogen (secondary N) is 4. The standard InChI is InChI=1S/C29H49N5O10/c1-4-5-10-30-25(37)21-32-29(40)28(22(2)3)33-24(36)9-13-41-15-17-43-19-20-44-18-16-42-14-11-31-23(35)8-12-34-26(38)6-7-27(34)39/h6-7,22,28H,4-5,8-21H2,1-3H3,(H,30,37)(H,31,35)(H,32,40)(H,33,36). The Morgan fingerprint density at radius 1 is 0.705 bits per heavy atom. The number of carbonyl (C=O) groups is 6. The summed E-state index contributed by atoms with van der Waals surface area (Å²) in [5.41, 5.74) is 0. The summed E-state index contributed by atoms with van der Waals surface area (Å²) >= 11 is 0. The third-order valence-corrected chi connectivity index (χ3v) is 6.16. The van der Waals surface area contributed by atoms with Crippen LogP contribution >= 0.6 is 0 Å². The number of unbranched alkanes of at least 4 members (excludes halogenated alkanes) is 1. The molecule has 0 saturated carbocycles. The third kappa shape index (κ3) is 18.3. The van der Waals surface area contributed by atoms with Crippen LogP contribution in [0.5, 0.6) is 0 Å². The van der Waals surface area contributed by atoms with Crippen LogP contribution in [-0.2, 0) is 47.7 Å². The summed E-state index contributed by atoms with van der Waals surface area (Å²) < 4.78 is 21.6. The molecule has 1 rings (SSSR count). The van der Waals surface area contributed by atoms with E-state index in [1.165, 1.54) is 12.2 Å². The van der Waals surface area contributed by atoms with Crippen molar-refractivity contribution in [1.29, 1.82) is 0 Å². The molecule has 15 heteroatoms. The van der Waals surface area contributed by atoms with E-state index < -0.39 is 23.8 Å². The molecule has 1 heterocycles. The Morgan fingerprint density at radius 3 is 1.82 bits per heavy atom. The second-order valence-corrected chi connectivity index (χ2v) is 10.2. The Labute approximate surface area is 259 Å². The van der Waals surface area contributed by atoms with Gasteiger partial charge in [0.1, 0.15) is 6.04 Å². The molecule has 0 bridgehead atoms. The minimum atomic E-state index is -0.753. The summed E-state index contributed by atoms with van der Waals surface area (Å²) in [6.07, 6.45) is 4.30. The highest BCUT2D eigenvalue weighted by atomic mass is 16.6. The van der Waals surface area contributed by atoms with Crippen LogP contribution in [-0.4, -0.2) is 125 Å². The minimum absolute atomic E-state index is 0.0318. The second kappa shape index (κ2) is 24.0. The lowest BCUT2D eigenvalue weighted by Crippen LogP contribution is -2.51. The van der Waals surface area contributed by atoms with Crippen molar-refractivity contribution in [2.45, 2.75) is 52.5 Å². The average molecular weight is 628 g/mol. The van der Waals surface area contributed by atoms with Crippen molar-refractivity contribution in [2.75, 3.05) is 79.0 Å². The summed E-state index contributed by atoms with van der Waals surface area (Å²) in [7, 11) is 0. The zero-order chi connectivity index (χ0) is 32.6. The largest absolute Gasteiger partial charge is 0.379 e. The molecule has 0 aromatic carbocycles. The first-order valence-electron chi connectivity index (χ1n) is 15.1. The van der Waals surface area contributed by atoms with Crippen molar-refractivity contribution < 1.29 is 47.7 Å². The third-order valence-electron chi connectivity index (χ3n) is 6.16. The SMILES string of the molecule is CCCCNC(=O)CNC(=O)C(NC(=O)CCOCCOCCOCCOCCNC(=O)CCN1C(=O)C=CC1=O)C(C)C. The molecule has 44 heavy (non-hydrogen) atoms. The molecule has 15 nitrogen and oxygen atoms in total. The van der Waals surface area contributed by atoms with Gasteiger partial charge in [0.2, 0.25) is 23.6 Å². The molecule has 0 aromatic heterocycles. The molecule has 0 saturated heterocycles. The predicted molar refractivity (Wildman–Crippen MR) is 159 cm³/mol. The van der Waals surface area contributed by atoms with Gasteiger partial charge in [-0.3, -0.25) is 33.7 Å². The topological polar surface area (TPSA) is 191 Å². The number of ether oxygens (including phenoxy) is 4. The molecule has 0 fully saturated rings. The first-order chi connectivity index (χ1) is 21.1. The lowest BCUT2D eigenvalue weighted by atomic mass is 10.0. The lowest BCUT2D eigenvalue weighted by molar-refractivity contribution is -0.137. The fourth-order valence-corrected chi connectivity index (χ4v) is 3.67. The van der Waals surface area contributed by atoms with Crippen molar-refractivity contribution in [2.24, 2.45) is 5.92 Å². The zero-order valence-electron chi connectivity index (χ0n) is 26.2. The van der Waals surface area contributed by atoms with Gasteiger partial charge in [-0.15, -0.1) is 0 Å². The smallest absolute Gasteiger partial charge is 0.253 e. The molecule has 0 spiro atoms. The second-order valence-electron chi connectivity index (χ2n) is 10.2. The number of imide groups is 1. The van der Waals surface area contributed by atoms with Crippen molar-refractivity contribution in [3.05, 3.63) is 12.2 Å². The number of rotatable bonds is 26. The van der Waals surface area contributed by atoms with Gasteiger partial charge in [-0.25, -0.2) is 0 Å². The molecule has 4 N–H and O–H groups in total. The number of amides is 6. The maximum atomic E-state index is 12.4. The molecule has 1 atom stereocenters. The first kappa shape index (κ1) is 38.6. The molecule has 6 amide bonds. The van der Waals surface area contributed by atoms with Gasteiger partial charge < -0.3 is 40.2 Å². The summed E-state index contributed by atoms with van der Waals surface area (Å²) in [4.78, 5) is 72.2. The highest BCUT2D eigenvalue weighted by molar-refractivity contribution is 6.13.